The number of aliphatic carboxylic acids is 1. The minimum absolute atomic E-state index is 0.171. The van der Waals surface area contributed by atoms with Crippen LogP contribution in [-0.2, 0) is 14.3 Å². The number of carbonyl (C=O) groups is 2. The molecule has 0 saturated carbocycles. The maximum Gasteiger partial charge on any atom is 0.356 e. The second-order valence-corrected chi connectivity index (χ2v) is 8.63. The van der Waals surface area contributed by atoms with E-state index in [-0.39, 0.29) is 5.69 Å². The number of rotatable bonds is 5. The van der Waals surface area contributed by atoms with E-state index in [0.29, 0.717) is 32.6 Å². The maximum absolute atomic E-state index is 12.3. The number of esters is 1. The van der Waals surface area contributed by atoms with Gasteiger partial charge in [0.15, 0.2) is 6.10 Å². The number of benzene rings is 2. The first kappa shape index (κ1) is 22.7. The van der Waals surface area contributed by atoms with Crippen LogP contribution in [-0.4, -0.2) is 34.7 Å². The Morgan fingerprint density at radius 1 is 1.10 bits per heavy atom. The van der Waals surface area contributed by atoms with Crippen molar-refractivity contribution in [2.75, 3.05) is 7.11 Å². The molecule has 7 heteroatoms. The molecule has 1 N–H and O–H groups in total. The molecule has 0 spiro atoms. The van der Waals surface area contributed by atoms with E-state index in [1.807, 2.05) is 39.8 Å². The standard InChI is InChI=1S/C24H24ClNO5/c1-13-12-18-16(10-11-17(26-18)23(29)30-5)20(14-6-8-15(25)9-7-14)19(13)21(22(27)28)31-24(2,3)4/h6-12,21H,1-5H3,(H,27,28)/t21-/m0/s1. The summed E-state index contributed by atoms with van der Waals surface area (Å²) >= 11 is 6.08. The minimum atomic E-state index is -1.20. The Morgan fingerprint density at radius 3 is 2.29 bits per heavy atom. The normalized spacial score (nSPS) is 12.6. The van der Waals surface area contributed by atoms with Crippen molar-refractivity contribution < 1.29 is 24.2 Å². The Hall–Kier alpha value is -2.96. The summed E-state index contributed by atoms with van der Waals surface area (Å²) in [5.74, 6) is -1.64. The molecule has 3 aromatic rings. The van der Waals surface area contributed by atoms with Crippen molar-refractivity contribution in [3.05, 3.63) is 64.3 Å². The van der Waals surface area contributed by atoms with Gasteiger partial charge < -0.3 is 14.6 Å². The highest BCUT2D eigenvalue weighted by Crippen LogP contribution is 2.40. The molecule has 6 nitrogen and oxygen atoms in total. The van der Waals surface area contributed by atoms with E-state index in [1.165, 1.54) is 7.11 Å². The van der Waals surface area contributed by atoms with E-state index >= 15 is 0 Å². The summed E-state index contributed by atoms with van der Waals surface area (Å²) < 4.78 is 10.7. The highest BCUT2D eigenvalue weighted by molar-refractivity contribution is 6.30. The number of pyridine rings is 1. The summed E-state index contributed by atoms with van der Waals surface area (Å²) in [6.45, 7) is 7.24. The fourth-order valence-electron chi connectivity index (χ4n) is 3.49. The van der Waals surface area contributed by atoms with Gasteiger partial charge in [-0.1, -0.05) is 23.7 Å². The van der Waals surface area contributed by atoms with Gasteiger partial charge >= 0.3 is 11.9 Å². The Kier molecular flexibility index (Phi) is 6.34. The first-order valence-electron chi connectivity index (χ1n) is 9.71. The van der Waals surface area contributed by atoms with Crippen LogP contribution in [0, 0.1) is 6.92 Å². The minimum Gasteiger partial charge on any atom is -0.479 e. The average Bonchev–Trinajstić information content (AvgIpc) is 2.70. The monoisotopic (exact) mass is 441 g/mol. The summed E-state index contributed by atoms with van der Waals surface area (Å²) in [6, 6.07) is 12.2. The van der Waals surface area contributed by atoms with E-state index in [9.17, 15) is 14.7 Å². The van der Waals surface area contributed by atoms with Crippen molar-refractivity contribution in [1.82, 2.24) is 4.98 Å². The molecule has 0 aliphatic carbocycles. The predicted octanol–water partition coefficient (Wildman–Crippen LogP) is 5.59. The van der Waals surface area contributed by atoms with Gasteiger partial charge in [0.25, 0.3) is 0 Å². The van der Waals surface area contributed by atoms with Crippen molar-refractivity contribution in [3.63, 3.8) is 0 Å². The van der Waals surface area contributed by atoms with E-state index in [2.05, 4.69) is 4.98 Å². The molecule has 0 radical (unpaired) electrons. The first-order chi connectivity index (χ1) is 14.5. The molecule has 1 heterocycles. The average molecular weight is 442 g/mol. The zero-order valence-electron chi connectivity index (χ0n) is 18.0. The lowest BCUT2D eigenvalue weighted by Crippen LogP contribution is -2.28. The van der Waals surface area contributed by atoms with Gasteiger partial charge in [-0.05, 0) is 74.7 Å². The lowest BCUT2D eigenvalue weighted by molar-refractivity contribution is -0.160. The van der Waals surface area contributed by atoms with Crippen LogP contribution in [0.5, 0.6) is 0 Å². The maximum atomic E-state index is 12.3. The zero-order chi connectivity index (χ0) is 22.9. The summed E-state index contributed by atoms with van der Waals surface area (Å²) in [5.41, 5.74) is 2.69. The zero-order valence-corrected chi connectivity index (χ0v) is 18.8. The number of halogens is 1. The summed E-state index contributed by atoms with van der Waals surface area (Å²) in [6.07, 6.45) is -1.20. The van der Waals surface area contributed by atoms with Crippen LogP contribution in [0.4, 0.5) is 0 Å². The van der Waals surface area contributed by atoms with Crippen molar-refractivity contribution >= 4 is 34.4 Å². The lowest BCUT2D eigenvalue weighted by atomic mass is 9.88. The third-order valence-corrected chi connectivity index (χ3v) is 4.98. The number of carboxylic acid groups (broad SMARTS) is 1. The topological polar surface area (TPSA) is 85.7 Å². The second-order valence-electron chi connectivity index (χ2n) is 8.19. The molecule has 0 fully saturated rings. The number of ether oxygens (including phenoxy) is 2. The van der Waals surface area contributed by atoms with Crippen molar-refractivity contribution in [2.24, 2.45) is 0 Å². The molecular weight excluding hydrogens is 418 g/mol. The molecule has 1 atom stereocenters. The third-order valence-electron chi connectivity index (χ3n) is 4.73. The van der Waals surface area contributed by atoms with E-state index < -0.39 is 23.6 Å². The van der Waals surface area contributed by atoms with Crippen LogP contribution < -0.4 is 0 Å². The van der Waals surface area contributed by atoms with E-state index in [0.717, 1.165) is 5.56 Å². The van der Waals surface area contributed by atoms with Gasteiger partial charge in [0.05, 0.1) is 18.2 Å². The number of hydrogen-bond acceptors (Lipinski definition) is 5. The van der Waals surface area contributed by atoms with Gasteiger partial charge in [-0.25, -0.2) is 14.6 Å². The SMILES string of the molecule is COC(=O)c1ccc2c(-c3ccc(Cl)cc3)c([C@H](OC(C)(C)C)C(=O)O)c(C)cc2n1. The third kappa shape index (κ3) is 4.86. The Bertz CT molecular complexity index is 1150. The highest BCUT2D eigenvalue weighted by Gasteiger charge is 2.31. The Balaban J connectivity index is 2.38. The van der Waals surface area contributed by atoms with E-state index in [1.54, 1.807) is 30.3 Å². The first-order valence-corrected chi connectivity index (χ1v) is 10.1. The lowest BCUT2D eigenvalue weighted by Gasteiger charge is -2.28. The summed E-state index contributed by atoms with van der Waals surface area (Å²) in [4.78, 5) is 28.7. The van der Waals surface area contributed by atoms with Gasteiger partial charge in [0.2, 0.25) is 0 Å². The molecule has 0 aliphatic rings. The van der Waals surface area contributed by atoms with Gasteiger partial charge in [-0.2, -0.15) is 0 Å². The fourth-order valence-corrected chi connectivity index (χ4v) is 3.62. The van der Waals surface area contributed by atoms with Crippen molar-refractivity contribution in [3.8, 4) is 11.1 Å². The smallest absolute Gasteiger partial charge is 0.356 e. The van der Waals surface area contributed by atoms with Gasteiger partial charge in [0, 0.05) is 16.0 Å². The highest BCUT2D eigenvalue weighted by atomic mass is 35.5. The summed E-state index contributed by atoms with van der Waals surface area (Å²) in [5, 5.41) is 11.3. The molecule has 3 rings (SSSR count). The number of methoxy groups -OCH3 is 1. The number of carbonyl (C=O) groups excluding carboxylic acids is 1. The van der Waals surface area contributed by atoms with Gasteiger partial charge in [0.1, 0.15) is 5.69 Å². The summed E-state index contributed by atoms with van der Waals surface area (Å²) in [7, 11) is 1.29. The second kappa shape index (κ2) is 8.65. The molecule has 2 aromatic carbocycles. The van der Waals surface area contributed by atoms with Crippen molar-refractivity contribution in [1.29, 1.82) is 0 Å². The molecule has 0 aliphatic heterocycles. The number of hydrogen-bond donors (Lipinski definition) is 1. The molecule has 31 heavy (non-hydrogen) atoms. The Morgan fingerprint density at radius 2 is 1.74 bits per heavy atom. The van der Waals surface area contributed by atoms with Crippen LogP contribution in [0.2, 0.25) is 5.02 Å². The Labute approximate surface area is 185 Å². The van der Waals surface area contributed by atoms with Crippen LogP contribution in [0.3, 0.4) is 0 Å². The number of carboxylic acids is 1. The van der Waals surface area contributed by atoms with Crippen LogP contribution in [0.15, 0.2) is 42.5 Å². The van der Waals surface area contributed by atoms with Crippen molar-refractivity contribution in [2.45, 2.75) is 39.4 Å². The molecule has 0 bridgehead atoms. The molecular formula is C24H24ClNO5. The van der Waals surface area contributed by atoms with Gasteiger partial charge in [-0.15, -0.1) is 0 Å². The molecule has 1 aromatic heterocycles. The molecule has 0 unspecified atom stereocenters. The molecule has 0 saturated heterocycles. The van der Waals surface area contributed by atoms with E-state index in [4.69, 9.17) is 21.1 Å². The van der Waals surface area contributed by atoms with Gasteiger partial charge in [-0.3, -0.25) is 0 Å². The molecule has 0 amide bonds. The van der Waals surface area contributed by atoms with Crippen LogP contribution in [0.25, 0.3) is 22.0 Å². The van der Waals surface area contributed by atoms with Crippen LogP contribution in [0.1, 0.15) is 48.5 Å². The number of aromatic nitrogens is 1. The largest absolute Gasteiger partial charge is 0.479 e. The molecule has 162 valence electrons. The van der Waals surface area contributed by atoms with Crippen LogP contribution >= 0.6 is 11.6 Å². The number of fused-ring (bicyclic) bond motifs is 1. The fraction of sp³-hybridized carbons (Fsp3) is 0.292. The number of nitrogens with zero attached hydrogens (tertiary/aromatic N) is 1. The quantitative estimate of drug-likeness (QED) is 0.519. The number of aryl methyl sites for hydroxylation is 1. The predicted molar refractivity (Wildman–Crippen MR) is 119 cm³/mol.